The van der Waals surface area contributed by atoms with Gasteiger partial charge < -0.3 is 20.3 Å². The molecule has 1 saturated heterocycles. The van der Waals surface area contributed by atoms with Crippen molar-refractivity contribution in [2.75, 3.05) is 33.8 Å². The molecule has 0 aromatic carbocycles. The first-order valence-electron chi connectivity index (χ1n) is 4.85. The number of hydrogen-bond acceptors (Lipinski definition) is 3. The maximum atomic E-state index is 11.7. The van der Waals surface area contributed by atoms with Crippen molar-refractivity contribution in [2.45, 2.75) is 19.1 Å². The number of carbonyl (C=O) groups excluding carboxylic acids is 1. The predicted octanol–water partition coefficient (Wildman–Crippen LogP) is -0.284. The van der Waals surface area contributed by atoms with Crippen molar-refractivity contribution in [1.82, 2.24) is 9.80 Å². The fraction of sp³-hybridized carbons (Fsp3) is 0.889. The molecule has 1 heterocycles. The molecule has 0 aromatic rings. The van der Waals surface area contributed by atoms with Crippen LogP contribution in [0.25, 0.3) is 0 Å². The largest absolute Gasteiger partial charge is 0.373 e. The molecule has 2 unspecified atom stereocenters. The molecular weight excluding hydrogens is 182 g/mol. The van der Waals surface area contributed by atoms with Crippen molar-refractivity contribution < 1.29 is 9.53 Å². The van der Waals surface area contributed by atoms with Crippen LogP contribution < -0.4 is 5.73 Å². The van der Waals surface area contributed by atoms with Gasteiger partial charge in [-0.05, 0) is 6.92 Å². The van der Waals surface area contributed by atoms with Crippen LogP contribution in [0, 0.1) is 0 Å². The van der Waals surface area contributed by atoms with Crippen molar-refractivity contribution >= 4 is 6.03 Å². The lowest BCUT2D eigenvalue weighted by atomic mass is 10.2. The van der Waals surface area contributed by atoms with Crippen LogP contribution in [0.2, 0.25) is 0 Å². The molecule has 0 aliphatic carbocycles. The van der Waals surface area contributed by atoms with Crippen LogP contribution >= 0.6 is 0 Å². The Bertz CT molecular complexity index is 208. The molecular formula is C9H19N3O2. The highest BCUT2D eigenvalue weighted by atomic mass is 16.5. The number of nitrogens with two attached hydrogens (primary N) is 1. The van der Waals surface area contributed by atoms with E-state index in [1.807, 2.05) is 6.92 Å². The SMILES string of the molecule is CC1COC(CN)CN1C(=O)N(C)C. The van der Waals surface area contributed by atoms with E-state index in [0.29, 0.717) is 19.7 Å². The third-order valence-corrected chi connectivity index (χ3v) is 2.40. The van der Waals surface area contributed by atoms with Crippen molar-refractivity contribution in [3.8, 4) is 0 Å². The zero-order valence-corrected chi connectivity index (χ0v) is 9.06. The average Bonchev–Trinajstić information content (AvgIpc) is 2.17. The van der Waals surface area contributed by atoms with E-state index in [0.717, 1.165) is 0 Å². The Morgan fingerprint density at radius 3 is 2.79 bits per heavy atom. The summed E-state index contributed by atoms with van der Waals surface area (Å²) in [6.45, 7) is 3.61. The average molecular weight is 201 g/mol. The predicted molar refractivity (Wildman–Crippen MR) is 54.0 cm³/mol. The van der Waals surface area contributed by atoms with Gasteiger partial charge in [0, 0.05) is 20.6 Å². The topological polar surface area (TPSA) is 58.8 Å². The monoisotopic (exact) mass is 201 g/mol. The summed E-state index contributed by atoms with van der Waals surface area (Å²) in [5, 5.41) is 0. The van der Waals surface area contributed by atoms with Crippen LogP contribution in [0.5, 0.6) is 0 Å². The number of morpholine rings is 1. The van der Waals surface area contributed by atoms with E-state index < -0.39 is 0 Å². The molecule has 1 aliphatic heterocycles. The van der Waals surface area contributed by atoms with Crippen molar-refractivity contribution in [3.05, 3.63) is 0 Å². The molecule has 2 amide bonds. The minimum absolute atomic E-state index is 0.0184. The molecule has 82 valence electrons. The van der Waals surface area contributed by atoms with Gasteiger partial charge in [0.1, 0.15) is 0 Å². The quantitative estimate of drug-likeness (QED) is 0.634. The van der Waals surface area contributed by atoms with Gasteiger partial charge in [-0.2, -0.15) is 0 Å². The first kappa shape index (κ1) is 11.3. The summed E-state index contributed by atoms with van der Waals surface area (Å²) in [6, 6.07) is 0.159. The van der Waals surface area contributed by atoms with E-state index in [2.05, 4.69) is 0 Å². The highest BCUT2D eigenvalue weighted by Gasteiger charge is 2.29. The Balaban J connectivity index is 2.60. The Hall–Kier alpha value is -0.810. The second kappa shape index (κ2) is 4.61. The molecule has 2 N–H and O–H groups in total. The van der Waals surface area contributed by atoms with E-state index in [-0.39, 0.29) is 18.2 Å². The van der Waals surface area contributed by atoms with Crippen LogP contribution in [0.15, 0.2) is 0 Å². The number of amides is 2. The minimum atomic E-state index is -0.0184. The van der Waals surface area contributed by atoms with Crippen molar-refractivity contribution in [3.63, 3.8) is 0 Å². The van der Waals surface area contributed by atoms with E-state index in [1.165, 1.54) is 0 Å². The van der Waals surface area contributed by atoms with Gasteiger partial charge in [-0.15, -0.1) is 0 Å². The second-order valence-corrected chi connectivity index (χ2v) is 3.87. The van der Waals surface area contributed by atoms with Crippen molar-refractivity contribution in [1.29, 1.82) is 0 Å². The summed E-state index contributed by atoms with van der Waals surface area (Å²) in [4.78, 5) is 15.1. The third-order valence-electron chi connectivity index (χ3n) is 2.40. The molecule has 1 fully saturated rings. The normalized spacial score (nSPS) is 27.6. The second-order valence-electron chi connectivity index (χ2n) is 3.87. The Morgan fingerprint density at radius 2 is 2.29 bits per heavy atom. The Morgan fingerprint density at radius 1 is 1.64 bits per heavy atom. The molecule has 2 atom stereocenters. The highest BCUT2D eigenvalue weighted by Crippen LogP contribution is 2.12. The molecule has 1 aliphatic rings. The molecule has 0 saturated carbocycles. The van der Waals surface area contributed by atoms with Gasteiger partial charge in [0.2, 0.25) is 0 Å². The summed E-state index contributed by atoms with van der Waals surface area (Å²) in [5.41, 5.74) is 5.51. The number of hydrogen-bond donors (Lipinski definition) is 1. The number of nitrogens with zero attached hydrogens (tertiary/aromatic N) is 2. The summed E-state index contributed by atoms with van der Waals surface area (Å²) >= 11 is 0. The number of ether oxygens (including phenoxy) is 1. The van der Waals surface area contributed by atoms with E-state index in [4.69, 9.17) is 10.5 Å². The minimum Gasteiger partial charge on any atom is -0.373 e. The summed E-state index contributed by atoms with van der Waals surface area (Å²) in [5.74, 6) is 0. The lowest BCUT2D eigenvalue weighted by molar-refractivity contribution is -0.0397. The van der Waals surface area contributed by atoms with Gasteiger partial charge in [0.15, 0.2) is 0 Å². The van der Waals surface area contributed by atoms with Crippen molar-refractivity contribution in [2.24, 2.45) is 5.73 Å². The van der Waals surface area contributed by atoms with E-state index in [9.17, 15) is 4.79 Å². The van der Waals surface area contributed by atoms with Gasteiger partial charge in [-0.1, -0.05) is 0 Å². The van der Waals surface area contributed by atoms with Gasteiger partial charge in [-0.25, -0.2) is 4.79 Å². The Labute approximate surface area is 84.8 Å². The van der Waals surface area contributed by atoms with Crippen LogP contribution in [0.4, 0.5) is 4.79 Å². The van der Waals surface area contributed by atoms with Crippen LogP contribution in [0.3, 0.4) is 0 Å². The molecule has 0 radical (unpaired) electrons. The fourth-order valence-electron chi connectivity index (χ4n) is 1.48. The van der Waals surface area contributed by atoms with Gasteiger partial charge in [0.05, 0.1) is 25.3 Å². The van der Waals surface area contributed by atoms with E-state index >= 15 is 0 Å². The van der Waals surface area contributed by atoms with Crippen LogP contribution in [-0.2, 0) is 4.74 Å². The smallest absolute Gasteiger partial charge is 0.319 e. The summed E-state index contributed by atoms with van der Waals surface area (Å²) in [7, 11) is 3.50. The highest BCUT2D eigenvalue weighted by molar-refractivity contribution is 5.74. The molecule has 5 nitrogen and oxygen atoms in total. The molecule has 0 aromatic heterocycles. The zero-order valence-electron chi connectivity index (χ0n) is 9.06. The maximum Gasteiger partial charge on any atom is 0.319 e. The fourth-order valence-corrected chi connectivity index (χ4v) is 1.48. The number of carbonyl (C=O) groups is 1. The van der Waals surface area contributed by atoms with E-state index in [1.54, 1.807) is 23.9 Å². The summed E-state index contributed by atoms with van der Waals surface area (Å²) in [6.07, 6.45) is -0.0184. The Kier molecular flexibility index (Phi) is 3.71. The van der Waals surface area contributed by atoms with Gasteiger partial charge in [-0.3, -0.25) is 0 Å². The number of urea groups is 1. The molecule has 0 bridgehead atoms. The zero-order chi connectivity index (χ0) is 10.7. The van der Waals surface area contributed by atoms with Crippen LogP contribution in [-0.4, -0.2) is 61.8 Å². The molecule has 1 rings (SSSR count). The molecule has 5 heteroatoms. The molecule has 14 heavy (non-hydrogen) atoms. The van der Waals surface area contributed by atoms with Gasteiger partial charge >= 0.3 is 6.03 Å². The first-order chi connectivity index (χ1) is 6.56. The standard InChI is InChI=1S/C9H19N3O2/c1-7-6-14-8(4-10)5-12(7)9(13)11(2)3/h7-8H,4-6,10H2,1-3H3. The first-order valence-corrected chi connectivity index (χ1v) is 4.85. The van der Waals surface area contributed by atoms with Gasteiger partial charge in [0.25, 0.3) is 0 Å². The van der Waals surface area contributed by atoms with Crippen LogP contribution in [0.1, 0.15) is 6.92 Å². The summed E-state index contributed by atoms with van der Waals surface area (Å²) < 4.78 is 5.46. The number of rotatable bonds is 1. The maximum absolute atomic E-state index is 11.7. The lowest BCUT2D eigenvalue weighted by Crippen LogP contribution is -2.55. The molecule has 0 spiro atoms. The third kappa shape index (κ3) is 2.36. The lowest BCUT2D eigenvalue weighted by Gasteiger charge is -2.38.